The molecule has 128 valence electrons. The summed E-state index contributed by atoms with van der Waals surface area (Å²) in [5, 5.41) is 0. The topological polar surface area (TPSA) is 41.9 Å². The van der Waals surface area contributed by atoms with Crippen molar-refractivity contribution in [1.82, 2.24) is 19.9 Å². The van der Waals surface area contributed by atoms with E-state index in [-0.39, 0.29) is 0 Å². The van der Waals surface area contributed by atoms with Gasteiger partial charge >= 0.3 is 0 Å². The molecule has 3 heterocycles. The highest BCUT2D eigenvalue weighted by atomic mass is 15.2. The summed E-state index contributed by atoms with van der Waals surface area (Å²) in [5.41, 5.74) is 3.52. The van der Waals surface area contributed by atoms with Gasteiger partial charge in [-0.3, -0.25) is 9.88 Å². The van der Waals surface area contributed by atoms with Crippen molar-refractivity contribution in [2.24, 2.45) is 0 Å². The molecule has 23 heavy (non-hydrogen) atoms. The van der Waals surface area contributed by atoms with E-state index in [0.29, 0.717) is 0 Å². The average molecular weight is 316 g/mol. The molecule has 0 bridgehead atoms. The normalized spacial score (nSPS) is 12.3. The Hall–Kier alpha value is -1.81. The highest BCUT2D eigenvalue weighted by Crippen LogP contribution is 2.11. The molecule has 0 spiro atoms. The Balaban J connectivity index is 0.000000377. The molecule has 2 aromatic rings. The zero-order valence-electron chi connectivity index (χ0n) is 15.6. The third-order valence-electron chi connectivity index (χ3n) is 3.05. The van der Waals surface area contributed by atoms with Crippen LogP contribution in [0.15, 0.2) is 36.9 Å². The highest BCUT2D eigenvalue weighted by molar-refractivity contribution is 5.15. The maximum atomic E-state index is 4.17. The molecule has 4 heteroatoms. The van der Waals surface area contributed by atoms with Crippen LogP contribution in [0.5, 0.6) is 0 Å². The molecule has 0 saturated carbocycles. The standard InChI is InChI=1S/C10H14N2.C5H6N2.2C2H6/c1-9-7-10(3-4-11-9)8-12-5-2-6-12;1-5-2-3-6-4-7-5;2*1-2/h3-4,7H,2,5-6,8H2,1H3;2-4H,1H3;2*1-2H3. The van der Waals surface area contributed by atoms with Gasteiger partial charge in [0.2, 0.25) is 0 Å². The summed E-state index contributed by atoms with van der Waals surface area (Å²) in [4.78, 5) is 14.2. The second kappa shape index (κ2) is 13.8. The van der Waals surface area contributed by atoms with Crippen molar-refractivity contribution >= 4 is 0 Å². The van der Waals surface area contributed by atoms with Gasteiger partial charge in [-0.2, -0.15) is 0 Å². The molecule has 0 aliphatic carbocycles. The summed E-state index contributed by atoms with van der Waals surface area (Å²) in [6, 6.07) is 6.13. The summed E-state index contributed by atoms with van der Waals surface area (Å²) in [5.74, 6) is 0. The van der Waals surface area contributed by atoms with Crippen LogP contribution in [0, 0.1) is 13.8 Å². The smallest absolute Gasteiger partial charge is 0.115 e. The van der Waals surface area contributed by atoms with Crippen molar-refractivity contribution in [3.8, 4) is 0 Å². The second-order valence-corrected chi connectivity index (χ2v) is 4.79. The van der Waals surface area contributed by atoms with Crippen LogP contribution >= 0.6 is 0 Å². The van der Waals surface area contributed by atoms with E-state index in [4.69, 9.17) is 0 Å². The van der Waals surface area contributed by atoms with E-state index < -0.39 is 0 Å². The van der Waals surface area contributed by atoms with Crippen LogP contribution in [0.2, 0.25) is 0 Å². The van der Waals surface area contributed by atoms with E-state index in [2.05, 4.69) is 32.0 Å². The van der Waals surface area contributed by atoms with Crippen LogP contribution in [0.25, 0.3) is 0 Å². The maximum Gasteiger partial charge on any atom is 0.115 e. The molecule has 0 aromatic carbocycles. The number of hydrogen-bond acceptors (Lipinski definition) is 4. The molecule has 0 atom stereocenters. The largest absolute Gasteiger partial charge is 0.299 e. The number of aryl methyl sites for hydroxylation is 2. The first kappa shape index (κ1) is 21.2. The van der Waals surface area contributed by atoms with E-state index in [1.54, 1.807) is 6.20 Å². The average Bonchev–Trinajstić information content (AvgIpc) is 2.56. The monoisotopic (exact) mass is 316 g/mol. The molecule has 1 fully saturated rings. The number of pyridine rings is 1. The van der Waals surface area contributed by atoms with E-state index >= 15 is 0 Å². The Bertz CT molecular complexity index is 496. The van der Waals surface area contributed by atoms with Crippen molar-refractivity contribution in [3.05, 3.63) is 53.9 Å². The van der Waals surface area contributed by atoms with Gasteiger partial charge in [0, 0.05) is 30.3 Å². The van der Waals surface area contributed by atoms with Crippen LogP contribution in [0.3, 0.4) is 0 Å². The van der Waals surface area contributed by atoms with Crippen molar-refractivity contribution in [2.45, 2.75) is 54.5 Å². The van der Waals surface area contributed by atoms with E-state index in [0.717, 1.165) is 17.9 Å². The molecule has 1 saturated heterocycles. The molecule has 0 N–H and O–H groups in total. The van der Waals surface area contributed by atoms with Crippen LogP contribution < -0.4 is 0 Å². The van der Waals surface area contributed by atoms with Crippen molar-refractivity contribution in [3.63, 3.8) is 0 Å². The van der Waals surface area contributed by atoms with Crippen LogP contribution in [-0.4, -0.2) is 32.9 Å². The van der Waals surface area contributed by atoms with Gasteiger partial charge in [0.1, 0.15) is 6.33 Å². The van der Waals surface area contributed by atoms with Gasteiger partial charge in [0.25, 0.3) is 0 Å². The van der Waals surface area contributed by atoms with Gasteiger partial charge in [0.15, 0.2) is 0 Å². The fourth-order valence-corrected chi connectivity index (χ4v) is 1.86. The fraction of sp³-hybridized carbons (Fsp3) is 0.526. The lowest BCUT2D eigenvalue weighted by atomic mass is 10.1. The molecule has 3 rings (SSSR count). The van der Waals surface area contributed by atoms with Gasteiger partial charge in [0.05, 0.1) is 0 Å². The van der Waals surface area contributed by atoms with Crippen LogP contribution in [-0.2, 0) is 6.54 Å². The first-order chi connectivity index (χ1) is 11.2. The number of aromatic nitrogens is 3. The van der Waals surface area contributed by atoms with Gasteiger partial charge in [-0.05, 0) is 57.1 Å². The number of nitrogens with zero attached hydrogens (tertiary/aromatic N) is 4. The summed E-state index contributed by atoms with van der Waals surface area (Å²) in [7, 11) is 0. The van der Waals surface area contributed by atoms with Gasteiger partial charge in [-0.25, -0.2) is 9.97 Å². The first-order valence-corrected chi connectivity index (χ1v) is 8.60. The van der Waals surface area contributed by atoms with Crippen LogP contribution in [0.4, 0.5) is 0 Å². The van der Waals surface area contributed by atoms with Crippen molar-refractivity contribution in [1.29, 1.82) is 0 Å². The SMILES string of the molecule is CC.CC.Cc1cc(CN2CCC2)ccn1.Cc1ccncn1. The predicted molar refractivity (Wildman–Crippen MR) is 98.3 cm³/mol. The minimum Gasteiger partial charge on any atom is -0.299 e. The number of hydrogen-bond donors (Lipinski definition) is 0. The Morgan fingerprint density at radius 1 is 0.913 bits per heavy atom. The summed E-state index contributed by atoms with van der Waals surface area (Å²) < 4.78 is 0. The predicted octanol–water partition coefficient (Wildman–Crippen LogP) is 4.43. The Morgan fingerprint density at radius 2 is 1.61 bits per heavy atom. The summed E-state index contributed by atoms with van der Waals surface area (Å²) in [6.07, 6.45) is 6.52. The van der Waals surface area contributed by atoms with Crippen molar-refractivity contribution in [2.75, 3.05) is 13.1 Å². The lowest BCUT2D eigenvalue weighted by Gasteiger charge is -2.30. The molecule has 0 unspecified atom stereocenters. The third kappa shape index (κ3) is 9.74. The second-order valence-electron chi connectivity index (χ2n) is 4.79. The Labute approximate surface area is 142 Å². The fourth-order valence-electron chi connectivity index (χ4n) is 1.86. The minimum absolute atomic E-state index is 1.01. The zero-order valence-corrected chi connectivity index (χ0v) is 15.6. The molecule has 1 aliphatic heterocycles. The van der Waals surface area contributed by atoms with Crippen molar-refractivity contribution < 1.29 is 0 Å². The highest BCUT2D eigenvalue weighted by Gasteiger charge is 2.13. The van der Waals surface area contributed by atoms with E-state index in [9.17, 15) is 0 Å². The zero-order chi connectivity index (χ0) is 17.5. The van der Waals surface area contributed by atoms with Gasteiger partial charge in [-0.1, -0.05) is 27.7 Å². The molecule has 0 amide bonds. The molecule has 2 aromatic heterocycles. The third-order valence-corrected chi connectivity index (χ3v) is 3.05. The molecule has 1 aliphatic rings. The lowest BCUT2D eigenvalue weighted by Crippen LogP contribution is -2.36. The van der Waals surface area contributed by atoms with Gasteiger partial charge < -0.3 is 0 Å². The van der Waals surface area contributed by atoms with E-state index in [1.165, 1.54) is 31.4 Å². The maximum absolute atomic E-state index is 4.17. The molecule has 4 nitrogen and oxygen atoms in total. The molecule has 0 radical (unpaired) electrons. The molecular weight excluding hydrogens is 284 g/mol. The number of rotatable bonds is 2. The van der Waals surface area contributed by atoms with Gasteiger partial charge in [-0.15, -0.1) is 0 Å². The lowest BCUT2D eigenvalue weighted by molar-refractivity contribution is 0.172. The summed E-state index contributed by atoms with van der Waals surface area (Å²) >= 11 is 0. The molecular formula is C19H32N4. The first-order valence-electron chi connectivity index (χ1n) is 8.60. The number of likely N-dealkylation sites (tertiary alicyclic amines) is 1. The van der Waals surface area contributed by atoms with E-state index in [1.807, 2.05) is 53.8 Å². The van der Waals surface area contributed by atoms with Crippen LogP contribution in [0.1, 0.15) is 51.1 Å². The minimum atomic E-state index is 1.01. The quantitative estimate of drug-likeness (QED) is 0.822. The Kier molecular flexibility index (Phi) is 12.7. The summed E-state index contributed by atoms with van der Waals surface area (Å²) in [6.45, 7) is 15.6. The Morgan fingerprint density at radius 3 is 2.00 bits per heavy atom.